The molecular formula is C19H22N2O4S2. The van der Waals surface area contributed by atoms with Gasteiger partial charge in [0.05, 0.1) is 26.9 Å². The maximum Gasteiger partial charge on any atom is 0.308 e. The van der Waals surface area contributed by atoms with Gasteiger partial charge in [-0.05, 0) is 58.0 Å². The van der Waals surface area contributed by atoms with Crippen molar-refractivity contribution in [3.63, 3.8) is 0 Å². The van der Waals surface area contributed by atoms with Crippen LogP contribution in [0.2, 0.25) is 0 Å². The summed E-state index contributed by atoms with van der Waals surface area (Å²) in [4.78, 5) is 12.2. The highest BCUT2D eigenvalue weighted by atomic mass is 32.2. The summed E-state index contributed by atoms with van der Waals surface area (Å²) in [5.74, 6) is 0.591. The number of nitrogens with zero attached hydrogens (tertiary/aromatic N) is 1. The third kappa shape index (κ3) is 4.17. The molecule has 0 saturated heterocycles. The summed E-state index contributed by atoms with van der Waals surface area (Å²) in [5.41, 5.74) is 1.16. The number of rotatable bonds is 6. The number of benzene rings is 2. The minimum absolute atomic E-state index is 0.00738. The lowest BCUT2D eigenvalue weighted by Gasteiger charge is -2.12. The normalized spacial score (nSPS) is 12.1. The maximum atomic E-state index is 12.8. The molecule has 0 bridgehead atoms. The van der Waals surface area contributed by atoms with Crippen LogP contribution in [0, 0.1) is 0 Å². The van der Waals surface area contributed by atoms with E-state index in [0.29, 0.717) is 16.1 Å². The Bertz CT molecular complexity index is 1130. The van der Waals surface area contributed by atoms with Crippen molar-refractivity contribution in [3.05, 3.63) is 52.1 Å². The first-order chi connectivity index (χ1) is 12.7. The molecule has 1 aromatic heterocycles. The second-order valence-corrected chi connectivity index (χ2v) is 9.44. The SMILES string of the molecule is CC(C)Oc1cccc(NS(=O)(=O)c2ccc3c(c2)sc(=O)n3C(C)C)c1. The zero-order valence-corrected chi connectivity index (χ0v) is 17.2. The molecule has 0 aliphatic rings. The van der Waals surface area contributed by atoms with Crippen molar-refractivity contribution < 1.29 is 13.2 Å². The van der Waals surface area contributed by atoms with Crippen molar-refractivity contribution >= 4 is 37.3 Å². The molecule has 3 rings (SSSR count). The van der Waals surface area contributed by atoms with Crippen LogP contribution in [0.4, 0.5) is 5.69 Å². The quantitative estimate of drug-likeness (QED) is 0.664. The summed E-state index contributed by atoms with van der Waals surface area (Å²) in [6.07, 6.45) is -0.00738. The first-order valence-corrected chi connectivity index (χ1v) is 10.9. The molecule has 6 nitrogen and oxygen atoms in total. The Labute approximate surface area is 162 Å². The van der Waals surface area contributed by atoms with Gasteiger partial charge in [0.1, 0.15) is 5.75 Å². The molecule has 144 valence electrons. The van der Waals surface area contributed by atoms with Gasteiger partial charge in [-0.15, -0.1) is 0 Å². The second kappa shape index (κ2) is 7.36. The van der Waals surface area contributed by atoms with Crippen molar-refractivity contribution in [2.75, 3.05) is 4.72 Å². The Morgan fingerprint density at radius 1 is 1.07 bits per heavy atom. The molecule has 27 heavy (non-hydrogen) atoms. The largest absolute Gasteiger partial charge is 0.491 e. The first-order valence-electron chi connectivity index (χ1n) is 8.62. The zero-order chi connectivity index (χ0) is 19.8. The van der Waals surface area contributed by atoms with Crippen LogP contribution >= 0.6 is 11.3 Å². The summed E-state index contributed by atoms with van der Waals surface area (Å²) < 4.78 is 36.0. The van der Waals surface area contributed by atoms with Crippen LogP contribution in [0.1, 0.15) is 33.7 Å². The van der Waals surface area contributed by atoms with E-state index in [1.165, 1.54) is 12.1 Å². The van der Waals surface area contributed by atoms with E-state index in [9.17, 15) is 13.2 Å². The number of fused-ring (bicyclic) bond motifs is 1. The van der Waals surface area contributed by atoms with E-state index >= 15 is 0 Å². The van der Waals surface area contributed by atoms with Crippen LogP contribution in [-0.4, -0.2) is 19.1 Å². The number of hydrogen-bond donors (Lipinski definition) is 1. The smallest absolute Gasteiger partial charge is 0.308 e. The Morgan fingerprint density at radius 2 is 1.81 bits per heavy atom. The molecule has 0 aliphatic carbocycles. The summed E-state index contributed by atoms with van der Waals surface area (Å²) in [7, 11) is -3.78. The van der Waals surface area contributed by atoms with E-state index < -0.39 is 10.0 Å². The molecule has 0 atom stereocenters. The molecule has 0 saturated carbocycles. The van der Waals surface area contributed by atoms with E-state index in [1.807, 2.05) is 27.7 Å². The van der Waals surface area contributed by atoms with Gasteiger partial charge in [0.25, 0.3) is 10.0 Å². The summed E-state index contributed by atoms with van der Waals surface area (Å²) in [5, 5.41) is 0. The average molecular weight is 407 g/mol. The topological polar surface area (TPSA) is 77.4 Å². The highest BCUT2D eigenvalue weighted by Crippen LogP contribution is 2.26. The van der Waals surface area contributed by atoms with Crippen LogP contribution in [-0.2, 0) is 10.0 Å². The lowest BCUT2D eigenvalue weighted by atomic mass is 10.3. The van der Waals surface area contributed by atoms with Crippen molar-refractivity contribution in [1.82, 2.24) is 4.57 Å². The Morgan fingerprint density at radius 3 is 2.48 bits per heavy atom. The fourth-order valence-electron chi connectivity index (χ4n) is 2.79. The van der Waals surface area contributed by atoms with E-state index in [2.05, 4.69) is 4.72 Å². The minimum Gasteiger partial charge on any atom is -0.491 e. The molecule has 0 aliphatic heterocycles. The standard InChI is InChI=1S/C19H22N2O4S2/c1-12(2)21-17-9-8-16(11-18(17)26-19(21)22)27(23,24)20-14-6-5-7-15(10-14)25-13(3)4/h5-13,20H,1-4H3. The molecule has 1 heterocycles. The van der Waals surface area contributed by atoms with Gasteiger partial charge in [0, 0.05) is 12.1 Å². The fourth-order valence-corrected chi connectivity index (χ4v) is 4.99. The first kappa shape index (κ1) is 19.4. The van der Waals surface area contributed by atoms with Crippen LogP contribution in [0.15, 0.2) is 52.2 Å². The lowest BCUT2D eigenvalue weighted by Crippen LogP contribution is -2.15. The number of thiazole rings is 1. The van der Waals surface area contributed by atoms with Gasteiger partial charge in [-0.3, -0.25) is 14.1 Å². The van der Waals surface area contributed by atoms with Gasteiger partial charge in [0.15, 0.2) is 0 Å². The molecule has 8 heteroatoms. The third-order valence-corrected chi connectivity index (χ3v) is 6.17. The van der Waals surface area contributed by atoms with Crippen molar-refractivity contribution in [2.24, 2.45) is 0 Å². The number of sulfonamides is 1. The van der Waals surface area contributed by atoms with Gasteiger partial charge < -0.3 is 4.74 Å². The number of aromatic nitrogens is 1. The monoisotopic (exact) mass is 406 g/mol. The summed E-state index contributed by atoms with van der Waals surface area (Å²) >= 11 is 1.05. The Hall–Kier alpha value is -2.32. The lowest BCUT2D eigenvalue weighted by molar-refractivity contribution is 0.242. The van der Waals surface area contributed by atoms with E-state index in [1.54, 1.807) is 34.9 Å². The van der Waals surface area contributed by atoms with Crippen LogP contribution < -0.4 is 14.3 Å². The Balaban J connectivity index is 1.94. The van der Waals surface area contributed by atoms with Gasteiger partial charge in [0.2, 0.25) is 0 Å². The number of ether oxygens (including phenoxy) is 1. The molecule has 2 aromatic carbocycles. The molecule has 0 amide bonds. The van der Waals surface area contributed by atoms with E-state index in [0.717, 1.165) is 16.9 Å². The molecule has 0 unspecified atom stereocenters. The number of nitrogens with one attached hydrogen (secondary N) is 1. The van der Waals surface area contributed by atoms with Crippen LogP contribution in [0.5, 0.6) is 5.75 Å². The minimum atomic E-state index is -3.78. The predicted molar refractivity (Wildman–Crippen MR) is 109 cm³/mol. The molecule has 0 fully saturated rings. The number of hydrogen-bond acceptors (Lipinski definition) is 5. The van der Waals surface area contributed by atoms with Gasteiger partial charge in [-0.25, -0.2) is 8.42 Å². The Kier molecular flexibility index (Phi) is 5.30. The van der Waals surface area contributed by atoms with Crippen LogP contribution in [0.25, 0.3) is 10.2 Å². The molecular weight excluding hydrogens is 384 g/mol. The van der Waals surface area contributed by atoms with Gasteiger partial charge >= 0.3 is 4.87 Å². The summed E-state index contributed by atoms with van der Waals surface area (Å²) in [6.45, 7) is 7.65. The van der Waals surface area contributed by atoms with Gasteiger partial charge in [-0.2, -0.15) is 0 Å². The van der Waals surface area contributed by atoms with Crippen LogP contribution in [0.3, 0.4) is 0 Å². The number of anilines is 1. The van der Waals surface area contributed by atoms with Gasteiger partial charge in [-0.1, -0.05) is 17.4 Å². The summed E-state index contributed by atoms with van der Waals surface area (Å²) in [6, 6.07) is 11.6. The highest BCUT2D eigenvalue weighted by molar-refractivity contribution is 7.92. The molecule has 3 aromatic rings. The van der Waals surface area contributed by atoms with E-state index in [4.69, 9.17) is 4.74 Å². The fraction of sp³-hybridized carbons (Fsp3) is 0.316. The van der Waals surface area contributed by atoms with Crippen molar-refractivity contribution in [1.29, 1.82) is 0 Å². The highest BCUT2D eigenvalue weighted by Gasteiger charge is 2.18. The maximum absolute atomic E-state index is 12.8. The van der Waals surface area contributed by atoms with E-state index in [-0.39, 0.29) is 21.9 Å². The zero-order valence-electron chi connectivity index (χ0n) is 15.6. The van der Waals surface area contributed by atoms with Crippen molar-refractivity contribution in [3.8, 4) is 5.75 Å². The third-order valence-electron chi connectivity index (χ3n) is 3.87. The predicted octanol–water partition coefficient (Wildman–Crippen LogP) is 4.23. The van der Waals surface area contributed by atoms with Crippen molar-refractivity contribution in [2.45, 2.75) is 44.7 Å². The average Bonchev–Trinajstić information content (AvgIpc) is 2.89. The molecule has 0 spiro atoms. The molecule has 1 N–H and O–H groups in total. The second-order valence-electron chi connectivity index (χ2n) is 6.76. The molecule has 0 radical (unpaired) electrons.